The van der Waals surface area contributed by atoms with Gasteiger partial charge in [0.15, 0.2) is 6.04 Å². The monoisotopic (exact) mass is 531 g/mol. The van der Waals surface area contributed by atoms with Crippen molar-refractivity contribution in [2.45, 2.75) is 23.5 Å². The van der Waals surface area contributed by atoms with Gasteiger partial charge in [0.25, 0.3) is 0 Å². The van der Waals surface area contributed by atoms with Crippen molar-refractivity contribution in [1.82, 2.24) is 9.88 Å². The number of thioether (sulfide) groups is 1. The molecule has 8 nitrogen and oxygen atoms in total. The molecular formula is C18H17N3O5S3Se. The average Bonchev–Trinajstić information content (AvgIpc) is 3.40. The molecule has 4 heterocycles. The molecule has 1 aromatic carbocycles. The Morgan fingerprint density at radius 2 is 2.23 bits per heavy atom. The van der Waals surface area contributed by atoms with Crippen molar-refractivity contribution in [2.75, 3.05) is 24.7 Å². The SMILES string of the molecule is O=C(O)[C@H]1CSC(c2nc3ccc(OC(=O)N4CCO[C@@H]5C[Se]SC[C@@H]54)cc3s2)=N1. The first-order valence-corrected chi connectivity index (χ1v) is 15.3. The Morgan fingerprint density at radius 3 is 3.07 bits per heavy atom. The van der Waals surface area contributed by atoms with Gasteiger partial charge in [-0.1, -0.05) is 0 Å². The minimum Gasteiger partial charge on any atom is -0.259 e. The van der Waals surface area contributed by atoms with E-state index in [-0.39, 0.29) is 18.2 Å². The van der Waals surface area contributed by atoms with Crippen LogP contribution >= 0.6 is 33.3 Å². The van der Waals surface area contributed by atoms with E-state index in [0.717, 1.165) is 21.3 Å². The molecule has 3 aliphatic heterocycles. The fourth-order valence-electron chi connectivity index (χ4n) is 3.43. The summed E-state index contributed by atoms with van der Waals surface area (Å²) in [5.41, 5.74) is 0.772. The van der Waals surface area contributed by atoms with E-state index in [1.807, 2.05) is 16.2 Å². The summed E-state index contributed by atoms with van der Waals surface area (Å²) in [5.74, 6) is 0.872. The molecule has 0 bridgehead atoms. The smallest absolute Gasteiger partial charge is 0.259 e. The molecule has 2 fully saturated rings. The predicted octanol–water partition coefficient (Wildman–Crippen LogP) is 2.60. The van der Waals surface area contributed by atoms with Gasteiger partial charge >= 0.3 is 152 Å². The normalized spacial score (nSPS) is 26.3. The van der Waals surface area contributed by atoms with Gasteiger partial charge in [0, 0.05) is 5.75 Å². The molecule has 0 radical (unpaired) electrons. The zero-order valence-corrected chi connectivity index (χ0v) is 19.7. The van der Waals surface area contributed by atoms with Crippen molar-refractivity contribution in [1.29, 1.82) is 0 Å². The van der Waals surface area contributed by atoms with Crippen LogP contribution in [0.5, 0.6) is 5.75 Å². The number of fused-ring (bicyclic) bond motifs is 2. The number of carbonyl (C=O) groups excluding carboxylic acids is 1. The van der Waals surface area contributed by atoms with E-state index < -0.39 is 12.0 Å². The maximum absolute atomic E-state index is 12.8. The van der Waals surface area contributed by atoms with Crippen LogP contribution in [-0.2, 0) is 9.53 Å². The molecule has 0 unspecified atom stereocenters. The number of amides is 1. The van der Waals surface area contributed by atoms with Crippen molar-refractivity contribution in [3.05, 3.63) is 23.2 Å². The second-order valence-corrected chi connectivity index (χ2v) is 13.4. The molecule has 3 aliphatic rings. The van der Waals surface area contributed by atoms with Crippen LogP contribution in [0.3, 0.4) is 0 Å². The van der Waals surface area contributed by atoms with E-state index in [1.54, 1.807) is 17.0 Å². The number of aliphatic carboxylic acids is 1. The van der Waals surface area contributed by atoms with Gasteiger partial charge in [-0.15, -0.1) is 11.8 Å². The van der Waals surface area contributed by atoms with Gasteiger partial charge in [0.05, 0.1) is 0 Å². The topological polar surface area (TPSA) is 101 Å². The predicted molar refractivity (Wildman–Crippen MR) is 119 cm³/mol. The Labute approximate surface area is 190 Å². The Hall–Kier alpha value is -1.30. The number of benzene rings is 1. The van der Waals surface area contributed by atoms with E-state index in [4.69, 9.17) is 14.6 Å². The van der Waals surface area contributed by atoms with Gasteiger partial charge in [-0.2, -0.15) is 0 Å². The number of nitrogens with zero attached hydrogens (tertiary/aromatic N) is 3. The summed E-state index contributed by atoms with van der Waals surface area (Å²) in [4.78, 5) is 34.5. The van der Waals surface area contributed by atoms with E-state index in [0.29, 0.717) is 48.5 Å². The second kappa shape index (κ2) is 8.68. The Balaban J connectivity index is 1.32. The molecule has 2 aromatic rings. The molecule has 2 saturated heterocycles. The summed E-state index contributed by atoms with van der Waals surface area (Å²) >= 11 is 3.35. The molecule has 0 spiro atoms. The number of morpholine rings is 1. The van der Waals surface area contributed by atoms with Crippen LogP contribution in [0.1, 0.15) is 5.01 Å². The standard InChI is InChI=1S/C18H17N3O5S3Se/c22-17(23)11-6-27-15(20-11)16-19-10-2-1-9(5-14(10)29-16)26-18(24)21-3-4-25-13-8-30-28-7-12(13)21/h1-2,5,11-13H,3-4,6-8H2,(H,22,23)/t11-,12+,13-/m1/s1. The van der Waals surface area contributed by atoms with Crippen molar-refractivity contribution < 1.29 is 24.2 Å². The van der Waals surface area contributed by atoms with Crippen LogP contribution < -0.4 is 4.74 Å². The maximum Gasteiger partial charge on any atom is -0.259 e. The van der Waals surface area contributed by atoms with Crippen LogP contribution in [-0.4, -0.2) is 88.8 Å². The largest absolute Gasteiger partial charge is 0.259 e. The molecule has 1 aromatic heterocycles. The van der Waals surface area contributed by atoms with Crippen molar-refractivity contribution in [3.63, 3.8) is 0 Å². The van der Waals surface area contributed by atoms with Crippen LogP contribution in [0.4, 0.5) is 4.79 Å². The molecule has 0 saturated carbocycles. The number of aromatic nitrogens is 1. The molecule has 158 valence electrons. The van der Waals surface area contributed by atoms with Crippen molar-refractivity contribution in [2.24, 2.45) is 4.99 Å². The number of carboxylic acid groups (broad SMARTS) is 1. The second-order valence-electron chi connectivity index (χ2n) is 6.85. The minimum atomic E-state index is -0.921. The van der Waals surface area contributed by atoms with E-state index in [2.05, 4.69) is 9.98 Å². The Morgan fingerprint density at radius 1 is 1.33 bits per heavy atom. The number of ether oxygens (including phenoxy) is 2. The number of aliphatic imine (C=N–C) groups is 1. The van der Waals surface area contributed by atoms with Gasteiger partial charge in [0.2, 0.25) is 0 Å². The first-order valence-electron chi connectivity index (χ1n) is 9.27. The number of hydrogen-bond donors (Lipinski definition) is 1. The quantitative estimate of drug-likeness (QED) is 0.605. The zero-order chi connectivity index (χ0) is 20.7. The first kappa shape index (κ1) is 20.6. The fourth-order valence-corrected chi connectivity index (χ4v) is 9.99. The van der Waals surface area contributed by atoms with Crippen LogP contribution in [0.25, 0.3) is 10.2 Å². The number of rotatable bonds is 3. The molecule has 1 amide bonds. The van der Waals surface area contributed by atoms with Crippen LogP contribution in [0.2, 0.25) is 5.32 Å². The van der Waals surface area contributed by atoms with Crippen LogP contribution in [0.15, 0.2) is 23.2 Å². The first-order chi connectivity index (χ1) is 14.6. The third-order valence-corrected chi connectivity index (χ3v) is 11.4. The number of hydrogen-bond acceptors (Lipinski definition) is 9. The molecule has 1 N–H and O–H groups in total. The van der Waals surface area contributed by atoms with Gasteiger partial charge < -0.3 is 5.11 Å². The minimum absolute atomic E-state index is 0.0743. The van der Waals surface area contributed by atoms with Gasteiger partial charge in [0.1, 0.15) is 0 Å². The number of thiazole rings is 1. The van der Waals surface area contributed by atoms with E-state index in [9.17, 15) is 9.59 Å². The number of carbonyl (C=O) groups is 2. The van der Waals surface area contributed by atoms with Gasteiger partial charge in [-0.25, -0.2) is 4.79 Å². The third-order valence-electron chi connectivity index (χ3n) is 4.97. The molecule has 0 aliphatic carbocycles. The summed E-state index contributed by atoms with van der Waals surface area (Å²) in [6.45, 7) is 1.09. The Bertz CT molecular complexity index is 1030. The van der Waals surface area contributed by atoms with E-state index >= 15 is 0 Å². The van der Waals surface area contributed by atoms with Crippen molar-refractivity contribution in [3.8, 4) is 5.75 Å². The summed E-state index contributed by atoms with van der Waals surface area (Å²) in [6, 6.07) is 4.72. The average molecular weight is 531 g/mol. The molecule has 5 rings (SSSR count). The molecule has 3 atom stereocenters. The Kier molecular flexibility index (Phi) is 5.96. The summed E-state index contributed by atoms with van der Waals surface area (Å²) in [6.07, 6.45) is -0.217. The van der Waals surface area contributed by atoms with Gasteiger partial charge in [-0.3, -0.25) is 4.99 Å². The maximum atomic E-state index is 12.8. The fraction of sp³-hybridized carbons (Fsp3) is 0.444. The third kappa shape index (κ3) is 4.09. The summed E-state index contributed by atoms with van der Waals surface area (Å²) < 4.78 is 12.4. The molecular weight excluding hydrogens is 513 g/mol. The summed E-state index contributed by atoms with van der Waals surface area (Å²) in [7, 11) is 1.90. The van der Waals surface area contributed by atoms with Gasteiger partial charge in [-0.05, 0) is 0 Å². The van der Waals surface area contributed by atoms with Crippen molar-refractivity contribution >= 4 is 74.4 Å². The summed E-state index contributed by atoms with van der Waals surface area (Å²) in [5, 5.41) is 11.5. The zero-order valence-electron chi connectivity index (χ0n) is 15.6. The molecule has 30 heavy (non-hydrogen) atoms. The van der Waals surface area contributed by atoms with E-state index in [1.165, 1.54) is 23.1 Å². The van der Waals surface area contributed by atoms with Crippen LogP contribution in [0, 0.1) is 0 Å². The number of carboxylic acids is 1. The molecule has 12 heteroatoms.